The lowest BCUT2D eigenvalue weighted by Gasteiger charge is -2.33. The lowest BCUT2D eigenvalue weighted by molar-refractivity contribution is -0.127. The Hall–Kier alpha value is -1.93. The molecule has 2 saturated heterocycles. The number of benzene rings is 1. The maximum atomic E-state index is 13.3. The van der Waals surface area contributed by atoms with Gasteiger partial charge in [0.1, 0.15) is 0 Å². The molecule has 33 heavy (non-hydrogen) atoms. The largest absolute Gasteiger partial charge is 0.353 e. The van der Waals surface area contributed by atoms with Gasteiger partial charge in [-0.05, 0) is 70.1 Å². The summed E-state index contributed by atoms with van der Waals surface area (Å²) in [5, 5.41) is 3.08. The van der Waals surface area contributed by atoms with E-state index in [9.17, 15) is 18.0 Å². The number of sulfonamides is 1. The molecule has 1 aromatic rings. The number of aryl methyl sites for hydroxylation is 1. The first kappa shape index (κ1) is 25.7. The molecular weight excluding hydrogens is 438 g/mol. The Bertz CT molecular complexity index is 968. The number of hydrogen-bond donors (Lipinski definition) is 1. The van der Waals surface area contributed by atoms with Gasteiger partial charge in [-0.25, -0.2) is 8.42 Å². The van der Waals surface area contributed by atoms with Gasteiger partial charge < -0.3 is 10.2 Å². The summed E-state index contributed by atoms with van der Waals surface area (Å²) < 4.78 is 28.1. The number of carbonyl (C=O) groups excluding carboxylic acids is 2. The highest BCUT2D eigenvalue weighted by Gasteiger charge is 2.33. The molecule has 0 saturated carbocycles. The van der Waals surface area contributed by atoms with E-state index in [-0.39, 0.29) is 34.7 Å². The summed E-state index contributed by atoms with van der Waals surface area (Å²) in [6, 6.07) is 4.95. The van der Waals surface area contributed by atoms with Gasteiger partial charge in [0.05, 0.1) is 4.90 Å². The molecule has 1 aromatic carbocycles. The van der Waals surface area contributed by atoms with Crippen LogP contribution in [0.3, 0.4) is 0 Å². The molecule has 2 heterocycles. The number of piperidine rings is 2. The number of hydrogen-bond acceptors (Lipinski definition) is 4. The van der Waals surface area contributed by atoms with E-state index in [2.05, 4.69) is 19.2 Å². The van der Waals surface area contributed by atoms with Crippen molar-refractivity contribution >= 4 is 21.8 Å². The van der Waals surface area contributed by atoms with Crippen molar-refractivity contribution in [1.29, 1.82) is 0 Å². The number of nitrogens with zero attached hydrogens (tertiary/aromatic N) is 2. The minimum Gasteiger partial charge on any atom is -0.353 e. The van der Waals surface area contributed by atoms with Gasteiger partial charge in [-0.2, -0.15) is 4.31 Å². The molecule has 8 heteroatoms. The summed E-state index contributed by atoms with van der Waals surface area (Å²) in [5.41, 5.74) is 1.19. The van der Waals surface area contributed by atoms with E-state index >= 15 is 0 Å². The second-order valence-corrected chi connectivity index (χ2v) is 11.9. The second kappa shape index (κ2) is 10.6. The fraction of sp³-hybridized carbons (Fsp3) is 0.680. The molecule has 0 aliphatic carbocycles. The quantitative estimate of drug-likeness (QED) is 0.679. The first-order chi connectivity index (χ1) is 15.5. The Morgan fingerprint density at radius 1 is 1.03 bits per heavy atom. The van der Waals surface area contributed by atoms with Crippen molar-refractivity contribution in [1.82, 2.24) is 14.5 Å². The van der Waals surface area contributed by atoms with Crippen molar-refractivity contribution < 1.29 is 18.0 Å². The minimum absolute atomic E-state index is 0.0345. The van der Waals surface area contributed by atoms with Gasteiger partial charge in [0.25, 0.3) is 5.91 Å². The predicted octanol–water partition coefficient (Wildman–Crippen LogP) is 3.57. The molecule has 0 radical (unpaired) electrons. The summed E-state index contributed by atoms with van der Waals surface area (Å²) >= 11 is 0. The molecule has 2 fully saturated rings. The Morgan fingerprint density at radius 3 is 2.30 bits per heavy atom. The van der Waals surface area contributed by atoms with Crippen molar-refractivity contribution in [3.63, 3.8) is 0 Å². The molecule has 0 bridgehead atoms. The molecule has 1 N–H and O–H groups in total. The van der Waals surface area contributed by atoms with Crippen LogP contribution in [-0.4, -0.2) is 61.2 Å². The number of likely N-dealkylation sites (tertiary alicyclic amines) is 1. The van der Waals surface area contributed by atoms with Crippen molar-refractivity contribution in [3.8, 4) is 0 Å². The molecule has 2 amide bonds. The average molecular weight is 478 g/mol. The van der Waals surface area contributed by atoms with Crippen molar-refractivity contribution in [3.05, 3.63) is 29.3 Å². The third-order valence-electron chi connectivity index (χ3n) is 7.31. The van der Waals surface area contributed by atoms with E-state index in [1.165, 1.54) is 6.07 Å². The van der Waals surface area contributed by atoms with Crippen LogP contribution < -0.4 is 5.32 Å². The SMILES string of the molecule is Cc1ccc(S(=O)(=O)N2CCCCC2C)cc1C(=O)N1CCC(C(=O)NC(C)C(C)C)CC1. The Labute approximate surface area is 199 Å². The summed E-state index contributed by atoms with van der Waals surface area (Å²) in [7, 11) is -3.64. The van der Waals surface area contributed by atoms with Crippen LogP contribution in [0.2, 0.25) is 0 Å². The van der Waals surface area contributed by atoms with Crippen LogP contribution >= 0.6 is 0 Å². The van der Waals surface area contributed by atoms with Gasteiger partial charge in [-0.1, -0.05) is 26.3 Å². The number of carbonyl (C=O) groups is 2. The average Bonchev–Trinajstić information content (AvgIpc) is 2.79. The van der Waals surface area contributed by atoms with Crippen LogP contribution in [0.15, 0.2) is 23.1 Å². The third-order valence-corrected chi connectivity index (χ3v) is 9.32. The zero-order valence-electron chi connectivity index (χ0n) is 20.6. The van der Waals surface area contributed by atoms with Crippen LogP contribution in [0.5, 0.6) is 0 Å². The van der Waals surface area contributed by atoms with Crippen LogP contribution in [0.1, 0.15) is 75.7 Å². The summed E-state index contributed by atoms with van der Waals surface area (Å²) in [4.78, 5) is 27.8. The normalized spacial score (nSPS) is 21.8. The first-order valence-corrected chi connectivity index (χ1v) is 13.7. The Balaban J connectivity index is 1.70. The molecule has 7 nitrogen and oxygen atoms in total. The van der Waals surface area contributed by atoms with Crippen molar-refractivity contribution in [2.24, 2.45) is 11.8 Å². The van der Waals surface area contributed by atoms with Crippen LogP contribution in [0.25, 0.3) is 0 Å². The number of nitrogens with one attached hydrogen (secondary N) is 1. The third kappa shape index (κ3) is 5.77. The first-order valence-electron chi connectivity index (χ1n) is 12.2. The lowest BCUT2D eigenvalue weighted by atomic mass is 9.94. The summed E-state index contributed by atoms with van der Waals surface area (Å²) in [6.45, 7) is 11.4. The molecule has 3 rings (SSSR count). The zero-order chi connectivity index (χ0) is 24.3. The molecule has 2 atom stereocenters. The van der Waals surface area contributed by atoms with Gasteiger partial charge in [0.15, 0.2) is 0 Å². The predicted molar refractivity (Wildman–Crippen MR) is 129 cm³/mol. The van der Waals surface area contributed by atoms with E-state index < -0.39 is 10.0 Å². The van der Waals surface area contributed by atoms with Gasteiger partial charge >= 0.3 is 0 Å². The van der Waals surface area contributed by atoms with Gasteiger partial charge in [-0.3, -0.25) is 9.59 Å². The molecule has 2 unspecified atom stereocenters. The fourth-order valence-electron chi connectivity index (χ4n) is 4.58. The molecule has 2 aliphatic rings. The van der Waals surface area contributed by atoms with Crippen LogP contribution in [0.4, 0.5) is 0 Å². The molecular formula is C25H39N3O4S. The molecule has 0 spiro atoms. The Morgan fingerprint density at radius 2 is 1.70 bits per heavy atom. The van der Waals surface area contributed by atoms with E-state index in [1.807, 2.05) is 20.8 Å². The summed E-state index contributed by atoms with van der Waals surface area (Å²) in [6.07, 6.45) is 3.99. The lowest BCUT2D eigenvalue weighted by Crippen LogP contribution is -2.46. The standard InChI is InChI=1S/C25H39N3O4S/c1-17(2)20(5)26-24(29)21-11-14-27(15-12-21)25(30)23-16-22(10-9-18(23)3)33(31,32)28-13-7-6-8-19(28)4/h9-10,16-17,19-21H,6-8,11-15H2,1-5H3,(H,26,29). The molecule has 2 aliphatic heterocycles. The summed E-state index contributed by atoms with van der Waals surface area (Å²) in [5.74, 6) is 0.174. The van der Waals surface area contributed by atoms with Crippen molar-refractivity contribution in [2.45, 2.75) is 83.7 Å². The van der Waals surface area contributed by atoms with Gasteiger partial charge in [0.2, 0.25) is 15.9 Å². The topological polar surface area (TPSA) is 86.8 Å². The van der Waals surface area contributed by atoms with Crippen LogP contribution in [0, 0.1) is 18.8 Å². The number of amides is 2. The zero-order valence-corrected chi connectivity index (χ0v) is 21.5. The van der Waals surface area contributed by atoms with E-state index in [0.29, 0.717) is 44.0 Å². The monoisotopic (exact) mass is 477 g/mol. The van der Waals surface area contributed by atoms with E-state index in [4.69, 9.17) is 0 Å². The number of rotatable bonds is 6. The second-order valence-electron chi connectivity index (χ2n) is 10.0. The van der Waals surface area contributed by atoms with E-state index in [1.54, 1.807) is 21.3 Å². The van der Waals surface area contributed by atoms with E-state index in [0.717, 1.165) is 24.8 Å². The fourth-order valence-corrected chi connectivity index (χ4v) is 6.31. The maximum Gasteiger partial charge on any atom is 0.254 e. The Kier molecular flexibility index (Phi) is 8.22. The van der Waals surface area contributed by atoms with Crippen LogP contribution in [-0.2, 0) is 14.8 Å². The maximum absolute atomic E-state index is 13.3. The molecule has 0 aromatic heterocycles. The highest BCUT2D eigenvalue weighted by atomic mass is 32.2. The molecule has 184 valence electrons. The van der Waals surface area contributed by atoms with Gasteiger partial charge in [-0.15, -0.1) is 0 Å². The smallest absolute Gasteiger partial charge is 0.254 e. The van der Waals surface area contributed by atoms with Gasteiger partial charge in [0, 0.05) is 43.2 Å². The van der Waals surface area contributed by atoms with Crippen molar-refractivity contribution in [2.75, 3.05) is 19.6 Å². The highest BCUT2D eigenvalue weighted by molar-refractivity contribution is 7.89. The highest BCUT2D eigenvalue weighted by Crippen LogP contribution is 2.28. The minimum atomic E-state index is -3.64.